The summed E-state index contributed by atoms with van der Waals surface area (Å²) in [5.74, 6) is 0. The molecule has 1 rings (SSSR count). The van der Waals surface area contributed by atoms with E-state index in [0.29, 0.717) is 0 Å². The second kappa shape index (κ2) is 2.19. The lowest BCUT2D eigenvalue weighted by Crippen LogP contribution is -2.23. The zero-order valence-electron chi connectivity index (χ0n) is 5.59. The summed E-state index contributed by atoms with van der Waals surface area (Å²) < 4.78 is 0. The Kier molecular flexibility index (Phi) is 1.54. The van der Waals surface area contributed by atoms with E-state index in [2.05, 4.69) is 6.58 Å². The Morgan fingerprint density at radius 2 is 2.33 bits per heavy atom. The van der Waals surface area contributed by atoms with Crippen LogP contribution in [0.5, 0.6) is 0 Å². The number of allylic oxidation sites excluding steroid dienone is 2. The minimum absolute atomic E-state index is 0.0509. The number of nitrogens with two attached hydrogens (primary N) is 1. The Bertz CT molecular complexity index is 187. The van der Waals surface area contributed by atoms with Crippen molar-refractivity contribution >= 4 is 0 Å². The zero-order valence-corrected chi connectivity index (χ0v) is 5.59. The minimum atomic E-state index is 0.0509. The maximum Gasteiger partial charge on any atom is 0.0505 e. The van der Waals surface area contributed by atoms with Gasteiger partial charge in [0.15, 0.2) is 0 Å². The van der Waals surface area contributed by atoms with Crippen molar-refractivity contribution in [3.05, 3.63) is 36.0 Å². The van der Waals surface area contributed by atoms with E-state index >= 15 is 0 Å². The lowest BCUT2D eigenvalue weighted by molar-refractivity contribution is 0.905. The second-order valence-electron chi connectivity index (χ2n) is 2.32. The van der Waals surface area contributed by atoms with Gasteiger partial charge in [-0.3, -0.25) is 0 Å². The quantitative estimate of drug-likeness (QED) is 0.515. The van der Waals surface area contributed by atoms with Crippen molar-refractivity contribution in [2.75, 3.05) is 0 Å². The predicted molar refractivity (Wildman–Crippen MR) is 40.0 cm³/mol. The number of rotatable bonds is 0. The number of hydrogen-bond donors (Lipinski definition) is 1. The third-order valence-corrected chi connectivity index (χ3v) is 1.56. The van der Waals surface area contributed by atoms with E-state index in [9.17, 15) is 0 Å². The van der Waals surface area contributed by atoms with Gasteiger partial charge >= 0.3 is 0 Å². The maximum absolute atomic E-state index is 5.70. The highest BCUT2D eigenvalue weighted by Crippen LogP contribution is 2.13. The molecule has 0 heterocycles. The van der Waals surface area contributed by atoms with Gasteiger partial charge in [-0.1, -0.05) is 30.4 Å². The normalized spacial score (nSPS) is 26.2. The van der Waals surface area contributed by atoms with Gasteiger partial charge < -0.3 is 5.73 Å². The van der Waals surface area contributed by atoms with Crippen molar-refractivity contribution in [1.82, 2.24) is 0 Å². The molecular weight excluding hydrogens is 110 g/mol. The van der Waals surface area contributed by atoms with Crippen molar-refractivity contribution in [2.45, 2.75) is 13.0 Å². The van der Waals surface area contributed by atoms with Crippen LogP contribution in [0.3, 0.4) is 0 Å². The average molecular weight is 121 g/mol. The van der Waals surface area contributed by atoms with E-state index in [0.717, 1.165) is 5.57 Å². The Labute approximate surface area is 55.6 Å². The minimum Gasteiger partial charge on any atom is -0.321 e. The second-order valence-corrected chi connectivity index (χ2v) is 2.32. The van der Waals surface area contributed by atoms with Gasteiger partial charge in [0.1, 0.15) is 0 Å². The molecule has 0 spiro atoms. The summed E-state index contributed by atoms with van der Waals surface area (Å²) in [5.41, 5.74) is 7.88. The maximum atomic E-state index is 5.70. The average Bonchev–Trinajstić information content (AvgIpc) is 1.83. The first-order chi connectivity index (χ1) is 4.22. The highest BCUT2D eigenvalue weighted by atomic mass is 14.6. The molecule has 1 unspecified atom stereocenters. The van der Waals surface area contributed by atoms with E-state index in [4.69, 9.17) is 5.73 Å². The van der Waals surface area contributed by atoms with Crippen LogP contribution < -0.4 is 5.73 Å². The fourth-order valence-electron chi connectivity index (χ4n) is 0.823. The Morgan fingerprint density at radius 3 is 2.78 bits per heavy atom. The van der Waals surface area contributed by atoms with Gasteiger partial charge in [-0.2, -0.15) is 0 Å². The Hall–Kier alpha value is -0.820. The van der Waals surface area contributed by atoms with Gasteiger partial charge in [0.2, 0.25) is 0 Å². The topological polar surface area (TPSA) is 26.0 Å². The van der Waals surface area contributed by atoms with Gasteiger partial charge in [-0.15, -0.1) is 0 Å². The van der Waals surface area contributed by atoms with Crippen LogP contribution in [0.25, 0.3) is 0 Å². The lowest BCUT2D eigenvalue weighted by atomic mass is 9.97. The molecule has 0 amide bonds. The van der Waals surface area contributed by atoms with Crippen LogP contribution in [-0.4, -0.2) is 6.04 Å². The van der Waals surface area contributed by atoms with E-state index in [1.165, 1.54) is 5.57 Å². The van der Waals surface area contributed by atoms with Gasteiger partial charge in [0.05, 0.1) is 6.04 Å². The molecule has 0 fully saturated rings. The Balaban J connectivity index is 2.86. The molecule has 0 radical (unpaired) electrons. The summed E-state index contributed by atoms with van der Waals surface area (Å²) >= 11 is 0. The van der Waals surface area contributed by atoms with Gasteiger partial charge in [-0.05, 0) is 12.5 Å². The molecule has 1 heteroatoms. The highest BCUT2D eigenvalue weighted by molar-refractivity contribution is 5.38. The summed E-state index contributed by atoms with van der Waals surface area (Å²) in [4.78, 5) is 0. The van der Waals surface area contributed by atoms with Crippen molar-refractivity contribution < 1.29 is 0 Å². The third kappa shape index (κ3) is 1.11. The molecule has 0 saturated carbocycles. The molecular formula is C8H11N. The van der Waals surface area contributed by atoms with Gasteiger partial charge in [0.25, 0.3) is 0 Å². The van der Waals surface area contributed by atoms with Crippen LogP contribution in [-0.2, 0) is 0 Å². The smallest absolute Gasteiger partial charge is 0.0505 e. The molecule has 0 aromatic rings. The zero-order chi connectivity index (χ0) is 6.85. The summed E-state index contributed by atoms with van der Waals surface area (Å²) in [5, 5.41) is 0. The molecule has 0 aromatic carbocycles. The first-order valence-corrected chi connectivity index (χ1v) is 3.01. The van der Waals surface area contributed by atoms with Crippen LogP contribution >= 0.6 is 0 Å². The molecule has 0 bridgehead atoms. The highest BCUT2D eigenvalue weighted by Gasteiger charge is 2.07. The summed E-state index contributed by atoms with van der Waals surface area (Å²) in [6.07, 6.45) is 5.93. The molecule has 0 aliphatic heterocycles. The van der Waals surface area contributed by atoms with Crippen molar-refractivity contribution in [3.63, 3.8) is 0 Å². The molecule has 48 valence electrons. The molecule has 0 aromatic heterocycles. The molecule has 1 aliphatic carbocycles. The molecule has 0 saturated heterocycles. The summed E-state index contributed by atoms with van der Waals surface area (Å²) in [6, 6.07) is 0.0509. The standard InChI is InChI=1S/C8H11N/c1-6-4-3-5-7(2)8(6)9/h3-5,8H,1,9H2,2H3. The Morgan fingerprint density at radius 1 is 1.67 bits per heavy atom. The van der Waals surface area contributed by atoms with Gasteiger partial charge in [0, 0.05) is 0 Å². The van der Waals surface area contributed by atoms with E-state index in [-0.39, 0.29) is 6.04 Å². The van der Waals surface area contributed by atoms with Crippen LogP contribution in [0.2, 0.25) is 0 Å². The van der Waals surface area contributed by atoms with Crippen molar-refractivity contribution in [3.8, 4) is 0 Å². The molecule has 1 atom stereocenters. The van der Waals surface area contributed by atoms with Crippen molar-refractivity contribution in [1.29, 1.82) is 0 Å². The molecule has 1 nitrogen and oxygen atoms in total. The molecule has 1 aliphatic rings. The predicted octanol–water partition coefficient (Wildman–Crippen LogP) is 1.39. The fourth-order valence-corrected chi connectivity index (χ4v) is 0.823. The molecule has 9 heavy (non-hydrogen) atoms. The first-order valence-electron chi connectivity index (χ1n) is 3.01. The lowest BCUT2D eigenvalue weighted by Gasteiger charge is -2.14. The summed E-state index contributed by atoms with van der Waals surface area (Å²) in [6.45, 7) is 5.81. The van der Waals surface area contributed by atoms with Gasteiger partial charge in [-0.25, -0.2) is 0 Å². The van der Waals surface area contributed by atoms with Crippen LogP contribution in [0.15, 0.2) is 36.0 Å². The van der Waals surface area contributed by atoms with Crippen LogP contribution in [0.1, 0.15) is 6.92 Å². The van der Waals surface area contributed by atoms with Crippen LogP contribution in [0, 0.1) is 0 Å². The SMILES string of the molecule is C=C1C=CC=C(C)C1N. The largest absolute Gasteiger partial charge is 0.321 e. The van der Waals surface area contributed by atoms with E-state index in [1.807, 2.05) is 25.2 Å². The van der Waals surface area contributed by atoms with Crippen LogP contribution in [0.4, 0.5) is 0 Å². The van der Waals surface area contributed by atoms with Crippen molar-refractivity contribution in [2.24, 2.45) is 5.73 Å². The molecule has 2 N–H and O–H groups in total. The number of hydrogen-bond acceptors (Lipinski definition) is 1. The van der Waals surface area contributed by atoms with E-state index < -0.39 is 0 Å². The third-order valence-electron chi connectivity index (χ3n) is 1.56. The first kappa shape index (κ1) is 6.30. The monoisotopic (exact) mass is 121 g/mol. The van der Waals surface area contributed by atoms with E-state index in [1.54, 1.807) is 0 Å². The fraction of sp³-hybridized carbons (Fsp3) is 0.250. The summed E-state index contributed by atoms with van der Waals surface area (Å²) in [7, 11) is 0.